The van der Waals surface area contributed by atoms with E-state index in [0.717, 1.165) is 10.5 Å². The smallest absolute Gasteiger partial charge is 0.233 e. The number of benzene rings is 2. The van der Waals surface area contributed by atoms with Gasteiger partial charge >= 0.3 is 0 Å². The largest absolute Gasteiger partial charge is 0.349 e. The third-order valence-corrected chi connectivity index (χ3v) is 5.50. The highest BCUT2D eigenvalue weighted by atomic mass is 35.5. The molecule has 1 amide bonds. The summed E-state index contributed by atoms with van der Waals surface area (Å²) in [7, 11) is 0. The van der Waals surface area contributed by atoms with Crippen LogP contribution in [0.15, 0.2) is 53.4 Å². The van der Waals surface area contributed by atoms with Crippen molar-refractivity contribution in [3.8, 4) is 0 Å². The first-order valence-corrected chi connectivity index (χ1v) is 9.75. The van der Waals surface area contributed by atoms with Gasteiger partial charge in [0, 0.05) is 9.92 Å². The molecule has 0 aliphatic rings. The molecule has 0 heterocycles. The zero-order valence-corrected chi connectivity index (χ0v) is 17.0. The van der Waals surface area contributed by atoms with Crippen LogP contribution in [0.3, 0.4) is 0 Å². The molecule has 0 saturated carbocycles. The Kier molecular flexibility index (Phi) is 6.59. The standard InChI is InChI=1S/C21H26ClNOS/c1-14(16-6-8-17(9-7-16)21(3,4)5)23-20(24)15(2)25-19-12-10-18(22)11-13-19/h6-15H,1-5H3,(H,23,24). The van der Waals surface area contributed by atoms with Gasteiger partial charge in [0.2, 0.25) is 5.91 Å². The van der Waals surface area contributed by atoms with Gasteiger partial charge in [0.1, 0.15) is 0 Å². The van der Waals surface area contributed by atoms with Gasteiger partial charge in [0.25, 0.3) is 0 Å². The van der Waals surface area contributed by atoms with Crippen molar-refractivity contribution in [2.45, 2.75) is 56.2 Å². The maximum atomic E-state index is 12.5. The van der Waals surface area contributed by atoms with E-state index in [-0.39, 0.29) is 22.6 Å². The lowest BCUT2D eigenvalue weighted by Gasteiger charge is -2.21. The number of hydrogen-bond acceptors (Lipinski definition) is 2. The predicted molar refractivity (Wildman–Crippen MR) is 108 cm³/mol. The summed E-state index contributed by atoms with van der Waals surface area (Å²) in [6, 6.07) is 16.0. The molecule has 25 heavy (non-hydrogen) atoms. The summed E-state index contributed by atoms with van der Waals surface area (Å²) in [5.41, 5.74) is 2.54. The van der Waals surface area contributed by atoms with E-state index in [2.05, 4.69) is 50.4 Å². The number of hydrogen-bond donors (Lipinski definition) is 1. The molecule has 0 spiro atoms. The van der Waals surface area contributed by atoms with E-state index < -0.39 is 0 Å². The molecule has 4 heteroatoms. The molecular weight excluding hydrogens is 350 g/mol. The minimum absolute atomic E-state index is 0.0187. The van der Waals surface area contributed by atoms with Crippen LogP contribution in [0.5, 0.6) is 0 Å². The molecule has 0 aromatic heterocycles. The Labute approximate surface area is 160 Å². The van der Waals surface area contributed by atoms with E-state index in [9.17, 15) is 4.79 Å². The Morgan fingerprint density at radius 1 is 1.00 bits per heavy atom. The van der Waals surface area contributed by atoms with Crippen LogP contribution in [0.4, 0.5) is 0 Å². The van der Waals surface area contributed by atoms with Crippen LogP contribution in [-0.2, 0) is 10.2 Å². The molecule has 2 aromatic carbocycles. The monoisotopic (exact) mass is 375 g/mol. The second kappa shape index (κ2) is 8.29. The van der Waals surface area contributed by atoms with Gasteiger partial charge in [0.05, 0.1) is 11.3 Å². The highest BCUT2D eigenvalue weighted by molar-refractivity contribution is 8.00. The Morgan fingerprint density at radius 3 is 2.08 bits per heavy atom. The Hall–Kier alpha value is -1.45. The van der Waals surface area contributed by atoms with Crippen LogP contribution in [-0.4, -0.2) is 11.2 Å². The molecule has 2 nitrogen and oxygen atoms in total. The molecule has 0 saturated heterocycles. The quantitative estimate of drug-likeness (QED) is 0.649. The Balaban J connectivity index is 1.95. The van der Waals surface area contributed by atoms with E-state index in [1.807, 2.05) is 38.1 Å². The zero-order valence-electron chi connectivity index (χ0n) is 15.5. The Bertz CT molecular complexity index is 704. The van der Waals surface area contributed by atoms with Crippen molar-refractivity contribution in [1.82, 2.24) is 5.32 Å². The summed E-state index contributed by atoms with van der Waals surface area (Å²) >= 11 is 7.43. The molecule has 0 aliphatic heterocycles. The first-order chi connectivity index (χ1) is 11.7. The molecule has 2 rings (SSSR count). The molecule has 2 unspecified atom stereocenters. The SMILES string of the molecule is CC(Sc1ccc(Cl)cc1)C(=O)NC(C)c1ccc(C(C)(C)C)cc1. The van der Waals surface area contributed by atoms with Crippen LogP contribution < -0.4 is 5.32 Å². The summed E-state index contributed by atoms with van der Waals surface area (Å²) in [6.07, 6.45) is 0. The molecule has 1 N–H and O–H groups in total. The lowest BCUT2D eigenvalue weighted by atomic mass is 9.86. The molecule has 2 atom stereocenters. The van der Waals surface area contributed by atoms with Crippen LogP contribution in [0, 0.1) is 0 Å². The predicted octanol–water partition coefficient (Wildman–Crippen LogP) is 6.00. The fourth-order valence-corrected chi connectivity index (χ4v) is 3.46. The first-order valence-electron chi connectivity index (χ1n) is 8.50. The van der Waals surface area contributed by atoms with Crippen molar-refractivity contribution in [3.05, 3.63) is 64.7 Å². The molecule has 134 valence electrons. The van der Waals surface area contributed by atoms with Crippen LogP contribution in [0.2, 0.25) is 5.02 Å². The van der Waals surface area contributed by atoms with Gasteiger partial charge in [-0.3, -0.25) is 4.79 Å². The van der Waals surface area contributed by atoms with Gasteiger partial charge in [-0.15, -0.1) is 11.8 Å². The molecular formula is C21H26ClNOS. The van der Waals surface area contributed by atoms with E-state index in [1.54, 1.807) is 0 Å². The van der Waals surface area contributed by atoms with E-state index in [4.69, 9.17) is 11.6 Å². The Morgan fingerprint density at radius 2 is 1.56 bits per heavy atom. The third kappa shape index (κ3) is 5.79. The van der Waals surface area contributed by atoms with E-state index >= 15 is 0 Å². The summed E-state index contributed by atoms with van der Waals surface area (Å²) in [4.78, 5) is 13.5. The van der Waals surface area contributed by atoms with Gasteiger partial charge in [-0.1, -0.05) is 56.6 Å². The lowest BCUT2D eigenvalue weighted by Crippen LogP contribution is -2.33. The molecule has 0 bridgehead atoms. The van der Waals surface area contributed by atoms with Gasteiger partial charge in [-0.25, -0.2) is 0 Å². The first kappa shape index (κ1) is 19.9. The highest BCUT2D eigenvalue weighted by Crippen LogP contribution is 2.26. The van der Waals surface area contributed by atoms with E-state index in [1.165, 1.54) is 17.3 Å². The van der Waals surface area contributed by atoms with Crippen molar-refractivity contribution in [2.24, 2.45) is 0 Å². The average molecular weight is 376 g/mol. The summed E-state index contributed by atoms with van der Waals surface area (Å²) in [5.74, 6) is 0.0346. The zero-order chi connectivity index (χ0) is 18.6. The average Bonchev–Trinajstić information content (AvgIpc) is 2.56. The number of rotatable bonds is 5. The topological polar surface area (TPSA) is 29.1 Å². The maximum absolute atomic E-state index is 12.5. The van der Waals surface area contributed by atoms with Gasteiger partial charge in [-0.05, 0) is 54.7 Å². The summed E-state index contributed by atoms with van der Waals surface area (Å²) < 4.78 is 0. The maximum Gasteiger partial charge on any atom is 0.233 e. The molecule has 0 fully saturated rings. The number of thioether (sulfide) groups is 1. The van der Waals surface area contributed by atoms with E-state index in [0.29, 0.717) is 5.02 Å². The molecule has 0 radical (unpaired) electrons. The van der Waals surface area contributed by atoms with Gasteiger partial charge < -0.3 is 5.32 Å². The summed E-state index contributed by atoms with van der Waals surface area (Å²) in [6.45, 7) is 10.5. The number of nitrogens with one attached hydrogen (secondary N) is 1. The minimum Gasteiger partial charge on any atom is -0.349 e. The van der Waals surface area contributed by atoms with Crippen molar-refractivity contribution in [1.29, 1.82) is 0 Å². The number of carbonyl (C=O) groups excluding carboxylic acids is 1. The number of amides is 1. The second-order valence-corrected chi connectivity index (χ2v) is 9.17. The van der Waals surface area contributed by atoms with Crippen LogP contribution >= 0.6 is 23.4 Å². The van der Waals surface area contributed by atoms with Crippen molar-refractivity contribution < 1.29 is 4.79 Å². The van der Waals surface area contributed by atoms with Crippen LogP contribution in [0.1, 0.15) is 51.8 Å². The number of halogens is 1. The van der Waals surface area contributed by atoms with Gasteiger partial charge in [-0.2, -0.15) is 0 Å². The molecule has 0 aliphatic carbocycles. The van der Waals surface area contributed by atoms with Crippen molar-refractivity contribution >= 4 is 29.3 Å². The normalized spacial score (nSPS) is 14.0. The second-order valence-electron chi connectivity index (χ2n) is 7.32. The summed E-state index contributed by atoms with van der Waals surface area (Å²) in [5, 5.41) is 3.63. The van der Waals surface area contributed by atoms with Crippen molar-refractivity contribution in [3.63, 3.8) is 0 Å². The number of carbonyl (C=O) groups is 1. The lowest BCUT2D eigenvalue weighted by molar-refractivity contribution is -0.120. The van der Waals surface area contributed by atoms with Crippen LogP contribution in [0.25, 0.3) is 0 Å². The fourth-order valence-electron chi connectivity index (χ4n) is 2.46. The minimum atomic E-state index is -0.169. The third-order valence-electron chi connectivity index (χ3n) is 4.13. The van der Waals surface area contributed by atoms with Gasteiger partial charge in [0.15, 0.2) is 0 Å². The highest BCUT2D eigenvalue weighted by Gasteiger charge is 2.18. The molecule has 2 aromatic rings. The fraction of sp³-hybridized carbons (Fsp3) is 0.381. The van der Waals surface area contributed by atoms with Crippen molar-refractivity contribution in [2.75, 3.05) is 0 Å².